The molecule has 10 aromatic rings. The summed E-state index contributed by atoms with van der Waals surface area (Å²) >= 11 is 3.88. The molecule has 18 nitrogen and oxygen atoms in total. The van der Waals surface area contributed by atoms with Crippen molar-refractivity contribution >= 4 is 126 Å². The summed E-state index contributed by atoms with van der Waals surface area (Å²) < 4.78 is 38.7. The summed E-state index contributed by atoms with van der Waals surface area (Å²) in [5.74, 6) is -7.87. The Morgan fingerprint density at radius 3 is 0.898 bits per heavy atom. The first-order valence-electron chi connectivity index (χ1n) is 30.2. The van der Waals surface area contributed by atoms with Crippen molar-refractivity contribution in [2.45, 2.75) is 55.9 Å². The quantitative estimate of drug-likeness (QED) is 0.0217. The van der Waals surface area contributed by atoms with Gasteiger partial charge >= 0.3 is 35.8 Å². The summed E-state index contributed by atoms with van der Waals surface area (Å²) in [6.45, 7) is -2.58. The van der Waals surface area contributed by atoms with Crippen LogP contribution in [0.2, 0.25) is 0 Å². The number of hydrogen-bond acceptors (Lipinski definition) is 21. The summed E-state index contributed by atoms with van der Waals surface area (Å²) in [4.78, 5) is 110. The molecule has 22 heteroatoms. The Morgan fingerprint density at radius 1 is 0.347 bits per heavy atom. The van der Waals surface area contributed by atoms with Crippen LogP contribution in [-0.4, -0.2) is 47.4 Å². The Bertz CT molecular complexity index is 4870. The van der Waals surface area contributed by atoms with Crippen LogP contribution in [0.3, 0.4) is 0 Å². The second-order valence-electron chi connectivity index (χ2n) is 22.4. The number of benzene rings is 6. The Balaban J connectivity index is 1.13. The minimum absolute atomic E-state index is 0.0382. The second-order valence-corrected chi connectivity index (χ2v) is 26.6. The smallest absolute Gasteiger partial charge is 0.333 e. The number of esters is 6. The number of aliphatic imine (C=N–C) groups is 2. The molecule has 0 atom stereocenters. The third-order valence-electron chi connectivity index (χ3n) is 16.5. The molecule has 4 heterocycles. The van der Waals surface area contributed by atoms with Crippen molar-refractivity contribution in [2.75, 3.05) is 0 Å². The van der Waals surface area contributed by atoms with Crippen molar-refractivity contribution in [2.24, 2.45) is 15.7 Å². The summed E-state index contributed by atoms with van der Waals surface area (Å²) in [6, 6.07) is 63.4. The van der Waals surface area contributed by atoms with E-state index in [1.807, 2.05) is 6.07 Å². The molecule has 3 aliphatic rings. The van der Waals surface area contributed by atoms with Crippen LogP contribution >= 0.6 is 45.3 Å². The Labute approximate surface area is 576 Å². The van der Waals surface area contributed by atoms with Gasteiger partial charge in [-0.05, 0) is 69.8 Å². The van der Waals surface area contributed by atoms with E-state index in [4.69, 9.17) is 34.2 Å². The van der Waals surface area contributed by atoms with E-state index in [1.54, 1.807) is 218 Å². The molecule has 0 radical (unpaired) electrons. The van der Waals surface area contributed by atoms with Gasteiger partial charge in [0.1, 0.15) is 67.9 Å². The average Bonchev–Trinajstić information content (AvgIpc) is 1.47. The minimum Gasteiger partial charge on any atom is -0.459 e. The molecule has 13 rings (SSSR count). The molecule has 4 aromatic heterocycles. The maximum Gasteiger partial charge on any atom is 0.333 e. The Kier molecular flexibility index (Phi) is 18.3. The van der Waals surface area contributed by atoms with Gasteiger partial charge in [-0.3, -0.25) is 28.8 Å². The number of fused-ring (bicyclic) bond motifs is 7. The first-order valence-corrected chi connectivity index (χ1v) is 33.5. The van der Waals surface area contributed by atoms with Gasteiger partial charge in [-0.15, -0.1) is 45.3 Å². The first kappa shape index (κ1) is 64.7. The number of thiophene rings is 4. The van der Waals surface area contributed by atoms with Gasteiger partial charge in [0.05, 0.1) is 9.75 Å². The molecule has 0 unspecified atom stereocenters. The third kappa shape index (κ3) is 11.8. The second kappa shape index (κ2) is 27.8. The zero-order chi connectivity index (χ0) is 68.0. The molecule has 0 saturated carbocycles. The monoisotopic (exact) mass is 1370 g/mol. The number of nitrogens with two attached hydrogens (primary N) is 1. The molecule has 6 aromatic carbocycles. The number of amidine groups is 1. The summed E-state index contributed by atoms with van der Waals surface area (Å²) in [6.07, 6.45) is 3.15. The Morgan fingerprint density at radius 2 is 0.622 bits per heavy atom. The lowest BCUT2D eigenvalue weighted by atomic mass is 9.66. The van der Waals surface area contributed by atoms with E-state index < -0.39 is 97.4 Å². The lowest BCUT2D eigenvalue weighted by molar-refractivity contribution is -0.167. The largest absolute Gasteiger partial charge is 0.459 e. The van der Waals surface area contributed by atoms with Gasteiger partial charge in [0, 0.05) is 52.9 Å². The number of ether oxygens (including phenoxy) is 6. The topological polar surface area (TPSA) is 280 Å². The molecule has 0 aliphatic heterocycles. The highest BCUT2D eigenvalue weighted by Gasteiger charge is 2.72. The maximum atomic E-state index is 17.1. The predicted octanol–water partition coefficient (Wildman–Crippen LogP) is 13.9. The first-order chi connectivity index (χ1) is 47.8. The molecule has 98 heavy (non-hydrogen) atoms. The predicted molar refractivity (Wildman–Crippen MR) is 369 cm³/mol. The lowest BCUT2D eigenvalue weighted by Gasteiger charge is -2.35. The van der Waals surface area contributed by atoms with Crippen LogP contribution in [-0.2, 0) is 113 Å². The van der Waals surface area contributed by atoms with Gasteiger partial charge in [0.25, 0.3) is 0 Å². The van der Waals surface area contributed by atoms with Gasteiger partial charge < -0.3 is 34.2 Å². The number of rotatable bonds is 22. The summed E-state index contributed by atoms with van der Waals surface area (Å²) in [7, 11) is 0. The highest BCUT2D eigenvalue weighted by Crippen LogP contribution is 2.69. The molecular formula is C76H50N6O12S4. The Hall–Kier alpha value is -12.0. The van der Waals surface area contributed by atoms with Crippen molar-refractivity contribution in [1.82, 2.24) is 0 Å². The van der Waals surface area contributed by atoms with E-state index in [0.717, 1.165) is 45.3 Å². The summed E-state index contributed by atoms with van der Waals surface area (Å²) in [5, 5.41) is 29.8. The molecule has 0 bridgehead atoms. The van der Waals surface area contributed by atoms with Crippen molar-refractivity contribution in [3.8, 4) is 28.0 Å². The van der Waals surface area contributed by atoms with Gasteiger partial charge in [-0.1, -0.05) is 182 Å². The van der Waals surface area contributed by atoms with Crippen LogP contribution in [0.1, 0.15) is 75.1 Å². The average molecular weight is 1370 g/mol. The number of carbonyl (C=O) groups excluding carboxylic acids is 6. The maximum absolute atomic E-state index is 17.1. The van der Waals surface area contributed by atoms with Crippen LogP contribution in [0.25, 0.3) is 33.1 Å². The van der Waals surface area contributed by atoms with Crippen LogP contribution in [0.5, 0.6) is 0 Å². The molecular weight excluding hydrogens is 1320 g/mol. The highest BCUT2D eigenvalue weighted by atomic mass is 32.1. The van der Waals surface area contributed by atoms with Crippen molar-refractivity contribution in [3.05, 3.63) is 281 Å². The number of hydrogen-bond donors (Lipinski definition) is 1. The normalized spacial score (nSPS) is 13.8. The molecule has 2 N–H and O–H groups in total. The fourth-order valence-corrected chi connectivity index (χ4v) is 16.9. The molecule has 0 amide bonds. The van der Waals surface area contributed by atoms with E-state index >= 15 is 28.8 Å². The standard InChI is InChI=1S/C76H50N6O12S4/c77-37-52(38-78)81-60-33-31-55(95-60)53-35-57-62(74(53,68(83)89-40-46-19-7-1-8-20-46)69(84)90-41-47-21-9-2-10-22-47)64-66(97-57)67-65(76(64,72(87)93-44-50-27-15-5-16-28-50)73(88)94-45-51-29-17-6-18-30-51)63-58(98-67)36-54(56-32-34-61(96-56)82-59(80)39-79)75(63,70(85)91-42-48-23-11-3-12-24-48)71(86)92-43-49-25-13-4-14-26-49/h1-36H,40-45H2,(H2,80,82). The highest BCUT2D eigenvalue weighted by molar-refractivity contribution is 7.24. The van der Waals surface area contributed by atoms with Crippen molar-refractivity contribution in [3.63, 3.8) is 0 Å². The third-order valence-corrected chi connectivity index (χ3v) is 21.0. The SMILES string of the molecule is N#CC(N)=Nc1ccc(C2=Cc3sc4c(c3C2(C(=O)OCc2ccccc2)C(=O)OCc2ccccc2)C(C(=O)OCc2ccccc2)(C(=O)OCc2ccccc2)c2c-4sc3c2C(C(=O)OCc2ccccc2)(C(=O)OCc2ccccc2)C(c2ccc(N=C(C#N)C#N)s2)=C3)s1. The van der Waals surface area contributed by atoms with Gasteiger partial charge in [0.15, 0.2) is 0 Å². The fourth-order valence-electron chi connectivity index (χ4n) is 12.2. The number of nitrogens with zero attached hydrogens (tertiary/aromatic N) is 5. The molecule has 0 spiro atoms. The number of carbonyl (C=O) groups is 6. The van der Waals surface area contributed by atoms with E-state index in [-0.39, 0.29) is 78.5 Å². The fraction of sp³-hybridized carbons (Fsp3) is 0.118. The molecule has 480 valence electrons. The van der Waals surface area contributed by atoms with Gasteiger partial charge in [-0.2, -0.15) is 15.8 Å². The molecule has 0 fully saturated rings. The van der Waals surface area contributed by atoms with Crippen LogP contribution in [0.15, 0.2) is 216 Å². The molecule has 0 saturated heterocycles. The van der Waals surface area contributed by atoms with Gasteiger partial charge in [-0.25, -0.2) is 9.98 Å². The van der Waals surface area contributed by atoms with Crippen LogP contribution in [0, 0.1) is 34.0 Å². The van der Waals surface area contributed by atoms with Crippen LogP contribution in [0.4, 0.5) is 10.0 Å². The minimum atomic E-state index is -3.06. The molecule has 3 aliphatic carbocycles. The van der Waals surface area contributed by atoms with Crippen molar-refractivity contribution in [1.29, 1.82) is 15.8 Å². The van der Waals surface area contributed by atoms with Crippen molar-refractivity contribution < 1.29 is 57.2 Å². The number of nitriles is 3. The lowest BCUT2D eigenvalue weighted by Crippen LogP contribution is -2.52. The zero-order valence-corrected chi connectivity index (χ0v) is 54.6. The van der Waals surface area contributed by atoms with E-state index in [1.165, 1.54) is 12.1 Å². The summed E-state index contributed by atoms with van der Waals surface area (Å²) in [5.41, 5.74) is -1.38. The van der Waals surface area contributed by atoms with Gasteiger partial charge in [0.2, 0.25) is 27.8 Å². The van der Waals surface area contributed by atoms with E-state index in [0.29, 0.717) is 33.4 Å². The van der Waals surface area contributed by atoms with E-state index in [9.17, 15) is 15.8 Å². The van der Waals surface area contributed by atoms with Crippen LogP contribution < -0.4 is 5.73 Å². The van der Waals surface area contributed by atoms with E-state index in [2.05, 4.69) is 9.98 Å². The zero-order valence-electron chi connectivity index (χ0n) is 51.4.